The van der Waals surface area contributed by atoms with Crippen LogP contribution in [0.3, 0.4) is 0 Å². The summed E-state index contributed by atoms with van der Waals surface area (Å²) < 4.78 is 10.4. The van der Waals surface area contributed by atoms with Crippen LogP contribution in [0.25, 0.3) is 0 Å². The molecule has 1 aliphatic rings. The van der Waals surface area contributed by atoms with Crippen LogP contribution in [0.4, 0.5) is 10.5 Å². The van der Waals surface area contributed by atoms with Gasteiger partial charge < -0.3 is 24.6 Å². The Kier molecular flexibility index (Phi) is 9.62. The zero-order valence-corrected chi connectivity index (χ0v) is 19.1. The molecule has 1 aromatic carbocycles. The van der Waals surface area contributed by atoms with E-state index < -0.39 is 0 Å². The Balaban J connectivity index is 1.92. The third-order valence-electron chi connectivity index (χ3n) is 5.77. The maximum atomic E-state index is 12.9. The summed E-state index contributed by atoms with van der Waals surface area (Å²) in [6.07, 6.45) is 2.26. The SMILES string of the molecule is CCOC(=O)C1CCN(C(=O)CCN(C(=O)Nc2ccccc2OC)C(C)CC)CC1. The first kappa shape index (κ1) is 24.5. The van der Waals surface area contributed by atoms with Crippen LogP contribution in [-0.2, 0) is 14.3 Å². The van der Waals surface area contributed by atoms with Gasteiger partial charge >= 0.3 is 12.0 Å². The summed E-state index contributed by atoms with van der Waals surface area (Å²) in [7, 11) is 1.56. The molecule has 1 atom stereocenters. The first-order valence-electron chi connectivity index (χ1n) is 11.1. The number of likely N-dealkylation sites (tertiary alicyclic amines) is 1. The number of anilines is 1. The molecule has 1 N–H and O–H groups in total. The molecule has 2 rings (SSSR count). The van der Waals surface area contributed by atoms with Crippen molar-refractivity contribution in [2.75, 3.05) is 38.7 Å². The number of nitrogens with zero attached hydrogens (tertiary/aromatic N) is 2. The van der Waals surface area contributed by atoms with Gasteiger partial charge in [0.1, 0.15) is 5.75 Å². The van der Waals surface area contributed by atoms with Gasteiger partial charge in [-0.2, -0.15) is 0 Å². The average molecular weight is 434 g/mol. The van der Waals surface area contributed by atoms with Gasteiger partial charge in [0, 0.05) is 32.1 Å². The number of carbonyl (C=O) groups excluding carboxylic acids is 3. The van der Waals surface area contributed by atoms with E-state index in [1.165, 1.54) is 0 Å². The number of ether oxygens (including phenoxy) is 2. The zero-order valence-electron chi connectivity index (χ0n) is 19.1. The number of methoxy groups -OCH3 is 1. The molecule has 1 heterocycles. The van der Waals surface area contributed by atoms with Gasteiger partial charge in [-0.1, -0.05) is 19.1 Å². The van der Waals surface area contributed by atoms with E-state index in [9.17, 15) is 14.4 Å². The lowest BCUT2D eigenvalue weighted by Crippen LogP contribution is -2.45. The number of amides is 3. The largest absolute Gasteiger partial charge is 0.495 e. The molecule has 0 saturated carbocycles. The van der Waals surface area contributed by atoms with E-state index in [1.807, 2.05) is 26.0 Å². The minimum atomic E-state index is -0.257. The minimum Gasteiger partial charge on any atom is -0.495 e. The lowest BCUT2D eigenvalue weighted by Gasteiger charge is -2.33. The van der Waals surface area contributed by atoms with Crippen LogP contribution in [0.1, 0.15) is 46.5 Å². The van der Waals surface area contributed by atoms with E-state index in [0.717, 1.165) is 6.42 Å². The Bertz CT molecular complexity index is 746. The third kappa shape index (κ3) is 6.87. The molecular weight excluding hydrogens is 398 g/mol. The van der Waals surface area contributed by atoms with Gasteiger partial charge in [-0.3, -0.25) is 9.59 Å². The molecule has 0 aliphatic carbocycles. The maximum Gasteiger partial charge on any atom is 0.322 e. The first-order valence-corrected chi connectivity index (χ1v) is 11.1. The molecule has 0 aromatic heterocycles. The van der Waals surface area contributed by atoms with Gasteiger partial charge in [0.15, 0.2) is 0 Å². The van der Waals surface area contributed by atoms with Crippen molar-refractivity contribution in [1.29, 1.82) is 0 Å². The first-order chi connectivity index (χ1) is 14.9. The van der Waals surface area contributed by atoms with Crippen molar-refractivity contribution in [3.63, 3.8) is 0 Å². The normalized spacial score (nSPS) is 15.2. The number of benzene rings is 1. The molecule has 8 heteroatoms. The summed E-state index contributed by atoms with van der Waals surface area (Å²) in [5.41, 5.74) is 0.593. The molecule has 1 aromatic rings. The lowest BCUT2D eigenvalue weighted by molar-refractivity contribution is -0.151. The number of esters is 1. The molecule has 0 spiro atoms. The number of hydrogen-bond acceptors (Lipinski definition) is 5. The Morgan fingerprint density at radius 1 is 1.19 bits per heavy atom. The van der Waals surface area contributed by atoms with Gasteiger partial charge in [0.05, 0.1) is 25.3 Å². The molecule has 8 nitrogen and oxygen atoms in total. The summed E-state index contributed by atoms with van der Waals surface area (Å²) in [5, 5.41) is 2.90. The lowest BCUT2D eigenvalue weighted by atomic mass is 9.97. The summed E-state index contributed by atoms with van der Waals surface area (Å²) in [5.74, 6) is 0.277. The predicted molar refractivity (Wildman–Crippen MR) is 119 cm³/mol. The quantitative estimate of drug-likeness (QED) is 0.602. The van der Waals surface area contributed by atoms with Crippen LogP contribution in [-0.4, -0.2) is 67.1 Å². The zero-order chi connectivity index (χ0) is 22.8. The van der Waals surface area contributed by atoms with E-state index in [2.05, 4.69) is 5.32 Å². The van der Waals surface area contributed by atoms with Crippen LogP contribution in [0.2, 0.25) is 0 Å². The summed E-state index contributed by atoms with van der Waals surface area (Å²) in [6, 6.07) is 6.96. The van der Waals surface area contributed by atoms with Gasteiger partial charge in [-0.15, -0.1) is 0 Å². The predicted octanol–water partition coefficient (Wildman–Crippen LogP) is 3.52. The van der Waals surface area contributed by atoms with Crippen molar-refractivity contribution in [2.24, 2.45) is 5.92 Å². The molecule has 0 bridgehead atoms. The summed E-state index contributed by atoms with van der Waals surface area (Å²) in [6.45, 7) is 7.56. The third-order valence-corrected chi connectivity index (χ3v) is 5.77. The second kappa shape index (κ2) is 12.2. The van der Waals surface area contributed by atoms with Crippen LogP contribution in [0.5, 0.6) is 5.75 Å². The fourth-order valence-electron chi connectivity index (χ4n) is 3.68. The van der Waals surface area contributed by atoms with Crippen LogP contribution in [0, 0.1) is 5.92 Å². The van der Waals surface area contributed by atoms with Gasteiger partial charge in [-0.25, -0.2) is 4.79 Å². The number of piperidine rings is 1. The van der Waals surface area contributed by atoms with E-state index >= 15 is 0 Å². The Morgan fingerprint density at radius 3 is 2.48 bits per heavy atom. The Labute approximate surface area is 184 Å². The summed E-state index contributed by atoms with van der Waals surface area (Å²) >= 11 is 0. The Hall–Kier alpha value is -2.77. The van der Waals surface area contributed by atoms with E-state index in [-0.39, 0.29) is 36.3 Å². The highest BCUT2D eigenvalue weighted by Gasteiger charge is 2.29. The fraction of sp³-hybridized carbons (Fsp3) is 0.609. The summed E-state index contributed by atoms with van der Waals surface area (Å²) in [4.78, 5) is 41.0. The van der Waals surface area contributed by atoms with Crippen LogP contribution in [0.15, 0.2) is 24.3 Å². The number of carbonyl (C=O) groups is 3. The van der Waals surface area contributed by atoms with Crippen molar-refractivity contribution in [3.05, 3.63) is 24.3 Å². The van der Waals surface area contributed by atoms with Crippen LogP contribution < -0.4 is 10.1 Å². The molecule has 31 heavy (non-hydrogen) atoms. The second-order valence-electron chi connectivity index (χ2n) is 7.74. The maximum absolute atomic E-state index is 12.9. The van der Waals surface area contributed by atoms with Crippen molar-refractivity contribution >= 4 is 23.6 Å². The molecule has 172 valence electrons. The molecule has 3 amide bonds. The molecule has 1 saturated heterocycles. The van der Waals surface area contributed by atoms with Crippen molar-refractivity contribution < 1.29 is 23.9 Å². The number of hydrogen-bond donors (Lipinski definition) is 1. The molecule has 1 fully saturated rings. The standard InChI is InChI=1S/C23H35N3O5/c1-5-17(3)26(23(29)24-19-9-7-8-10-20(19)30-4)16-13-21(27)25-14-11-18(12-15-25)22(28)31-6-2/h7-10,17-18H,5-6,11-16H2,1-4H3,(H,24,29). The monoisotopic (exact) mass is 433 g/mol. The van der Waals surface area contributed by atoms with E-state index in [0.29, 0.717) is 50.5 Å². The number of rotatable bonds is 9. The molecule has 0 radical (unpaired) electrons. The van der Waals surface area contributed by atoms with Crippen LogP contribution >= 0.6 is 0 Å². The van der Waals surface area contributed by atoms with E-state index in [4.69, 9.17) is 9.47 Å². The van der Waals surface area contributed by atoms with Crippen molar-refractivity contribution in [3.8, 4) is 5.75 Å². The van der Waals surface area contributed by atoms with Gasteiger partial charge in [0.25, 0.3) is 0 Å². The topological polar surface area (TPSA) is 88.2 Å². The number of urea groups is 1. The van der Waals surface area contributed by atoms with Crippen molar-refractivity contribution in [2.45, 2.75) is 52.5 Å². The highest BCUT2D eigenvalue weighted by Crippen LogP contribution is 2.24. The minimum absolute atomic E-state index is 0.000651. The fourth-order valence-corrected chi connectivity index (χ4v) is 3.68. The smallest absolute Gasteiger partial charge is 0.322 e. The van der Waals surface area contributed by atoms with Gasteiger partial charge in [0.2, 0.25) is 5.91 Å². The molecule has 1 aliphatic heterocycles. The Morgan fingerprint density at radius 2 is 1.87 bits per heavy atom. The molecular formula is C23H35N3O5. The highest BCUT2D eigenvalue weighted by molar-refractivity contribution is 5.91. The average Bonchev–Trinajstić information content (AvgIpc) is 2.79. The molecule has 1 unspecified atom stereocenters. The second-order valence-corrected chi connectivity index (χ2v) is 7.74. The number of nitrogens with one attached hydrogen (secondary N) is 1. The van der Waals surface area contributed by atoms with Crippen molar-refractivity contribution in [1.82, 2.24) is 9.80 Å². The number of para-hydroxylation sites is 2. The van der Waals surface area contributed by atoms with Gasteiger partial charge in [-0.05, 0) is 45.2 Å². The highest BCUT2D eigenvalue weighted by atomic mass is 16.5. The van der Waals surface area contributed by atoms with E-state index in [1.54, 1.807) is 36.0 Å².